The molecule has 0 aliphatic carbocycles. The van der Waals surface area contributed by atoms with Crippen LogP contribution in [0.5, 0.6) is 0 Å². The number of carbonyl (C=O) groups excluding carboxylic acids is 2. The molecule has 7 heteroatoms. The van der Waals surface area contributed by atoms with Gasteiger partial charge in [-0.05, 0) is 67.4 Å². The zero-order valence-electron chi connectivity index (χ0n) is 16.0. The van der Waals surface area contributed by atoms with Gasteiger partial charge in [0.15, 0.2) is 5.11 Å². The van der Waals surface area contributed by atoms with E-state index in [2.05, 4.69) is 16.2 Å². The lowest BCUT2D eigenvalue weighted by atomic mass is 10.1. The maximum absolute atomic E-state index is 12.2. The molecule has 3 N–H and O–H groups in total. The van der Waals surface area contributed by atoms with Crippen molar-refractivity contribution in [1.29, 1.82) is 0 Å². The first-order valence-electron chi connectivity index (χ1n) is 9.25. The van der Waals surface area contributed by atoms with Crippen LogP contribution in [0.25, 0.3) is 0 Å². The second kappa shape index (κ2) is 8.84. The molecule has 0 spiro atoms. The van der Waals surface area contributed by atoms with Gasteiger partial charge in [-0.2, -0.15) is 0 Å². The Bertz CT molecular complexity index is 896. The zero-order valence-corrected chi connectivity index (χ0v) is 16.9. The maximum atomic E-state index is 12.2. The highest BCUT2D eigenvalue weighted by Crippen LogP contribution is 2.21. The molecule has 0 radical (unpaired) electrons. The normalized spacial score (nSPS) is 13.4. The van der Waals surface area contributed by atoms with Crippen LogP contribution in [0.3, 0.4) is 0 Å². The minimum absolute atomic E-state index is 0.152. The van der Waals surface area contributed by atoms with Crippen molar-refractivity contribution in [2.45, 2.75) is 33.1 Å². The highest BCUT2D eigenvalue weighted by molar-refractivity contribution is 7.80. The van der Waals surface area contributed by atoms with E-state index >= 15 is 0 Å². The van der Waals surface area contributed by atoms with Crippen molar-refractivity contribution < 1.29 is 9.59 Å². The minimum atomic E-state index is -0.199. The molecule has 0 aromatic heterocycles. The third kappa shape index (κ3) is 5.07. The third-order valence-corrected chi connectivity index (χ3v) is 4.85. The van der Waals surface area contributed by atoms with E-state index in [9.17, 15) is 9.59 Å². The number of nitrogens with one attached hydrogen (secondary N) is 3. The first-order chi connectivity index (χ1) is 13.4. The average Bonchev–Trinajstić information content (AvgIpc) is 3.10. The van der Waals surface area contributed by atoms with Crippen LogP contribution in [0.1, 0.15) is 29.5 Å². The number of nitrogens with zero attached hydrogens (tertiary/aromatic N) is 1. The first-order valence-corrected chi connectivity index (χ1v) is 9.65. The smallest absolute Gasteiger partial charge is 0.242 e. The van der Waals surface area contributed by atoms with Crippen LogP contribution in [-0.4, -0.2) is 23.5 Å². The van der Waals surface area contributed by atoms with Gasteiger partial charge in [-0.1, -0.05) is 24.3 Å². The van der Waals surface area contributed by atoms with E-state index < -0.39 is 0 Å². The van der Waals surface area contributed by atoms with Crippen LogP contribution in [0.2, 0.25) is 0 Å². The number of aryl methyl sites for hydroxylation is 2. The maximum Gasteiger partial charge on any atom is 0.242 e. The molecule has 2 aromatic rings. The molecule has 1 aliphatic rings. The fourth-order valence-electron chi connectivity index (χ4n) is 3.10. The summed E-state index contributed by atoms with van der Waals surface area (Å²) in [5.74, 6) is -0.0466. The van der Waals surface area contributed by atoms with Gasteiger partial charge in [-0.25, -0.2) is 0 Å². The zero-order chi connectivity index (χ0) is 20.1. The summed E-state index contributed by atoms with van der Waals surface area (Å²) in [4.78, 5) is 25.7. The fourth-order valence-corrected chi connectivity index (χ4v) is 3.26. The van der Waals surface area contributed by atoms with E-state index in [1.807, 2.05) is 56.3 Å². The quantitative estimate of drug-likeness (QED) is 0.547. The van der Waals surface area contributed by atoms with Crippen molar-refractivity contribution in [3.05, 3.63) is 59.2 Å². The predicted molar refractivity (Wildman–Crippen MR) is 115 cm³/mol. The number of hydrogen-bond donors (Lipinski definition) is 3. The van der Waals surface area contributed by atoms with Gasteiger partial charge in [0.2, 0.25) is 11.8 Å². The fraction of sp³-hybridized carbons (Fsp3) is 0.286. The number of hydrogen-bond acceptors (Lipinski definition) is 3. The average molecular weight is 397 g/mol. The van der Waals surface area contributed by atoms with E-state index in [0.29, 0.717) is 11.5 Å². The number of rotatable bonds is 4. The molecule has 28 heavy (non-hydrogen) atoms. The summed E-state index contributed by atoms with van der Waals surface area (Å²) in [6, 6.07) is 13.5. The Morgan fingerprint density at radius 1 is 1.11 bits per heavy atom. The Morgan fingerprint density at radius 2 is 1.86 bits per heavy atom. The van der Waals surface area contributed by atoms with Crippen LogP contribution < -0.4 is 21.1 Å². The van der Waals surface area contributed by atoms with Crippen molar-refractivity contribution in [3.8, 4) is 0 Å². The second-order valence-corrected chi connectivity index (χ2v) is 7.35. The minimum Gasteiger partial charge on any atom is -0.331 e. The number of hydrazine groups is 1. The Balaban J connectivity index is 1.48. The Hall–Kier alpha value is -2.93. The van der Waals surface area contributed by atoms with Crippen molar-refractivity contribution in [2.24, 2.45) is 0 Å². The third-order valence-electron chi connectivity index (χ3n) is 4.64. The SMILES string of the molecule is Cc1ccc(C)c(NC(=S)NNC(=O)Cc2ccc(N3CCCC3=O)cc2)c1. The Labute approximate surface area is 170 Å². The van der Waals surface area contributed by atoms with E-state index in [-0.39, 0.29) is 18.2 Å². The van der Waals surface area contributed by atoms with Crippen LogP contribution in [0, 0.1) is 13.8 Å². The van der Waals surface area contributed by atoms with E-state index in [1.165, 1.54) is 0 Å². The van der Waals surface area contributed by atoms with Crippen LogP contribution >= 0.6 is 12.2 Å². The number of benzene rings is 2. The highest BCUT2D eigenvalue weighted by atomic mass is 32.1. The summed E-state index contributed by atoms with van der Waals surface area (Å²) in [6.45, 7) is 4.75. The summed E-state index contributed by atoms with van der Waals surface area (Å²) < 4.78 is 0. The largest absolute Gasteiger partial charge is 0.331 e. The summed E-state index contributed by atoms with van der Waals surface area (Å²) >= 11 is 5.24. The van der Waals surface area contributed by atoms with Crippen molar-refractivity contribution in [3.63, 3.8) is 0 Å². The van der Waals surface area contributed by atoms with Gasteiger partial charge in [0.05, 0.1) is 6.42 Å². The summed E-state index contributed by atoms with van der Waals surface area (Å²) in [7, 11) is 0. The topological polar surface area (TPSA) is 73.5 Å². The highest BCUT2D eigenvalue weighted by Gasteiger charge is 2.21. The standard InChI is InChI=1S/C21H24N4O2S/c1-14-5-6-15(2)18(12-14)22-21(28)24-23-19(26)13-16-7-9-17(10-8-16)25-11-3-4-20(25)27/h5-10,12H,3-4,11,13H2,1-2H3,(H,23,26)(H2,22,24,28). The van der Waals surface area contributed by atoms with Crippen molar-refractivity contribution in [2.75, 3.05) is 16.8 Å². The van der Waals surface area contributed by atoms with Gasteiger partial charge in [-0.3, -0.25) is 20.4 Å². The van der Waals surface area contributed by atoms with Crippen molar-refractivity contribution >= 4 is 40.5 Å². The molecule has 0 unspecified atom stereocenters. The molecule has 1 heterocycles. The molecule has 1 fully saturated rings. The summed E-state index contributed by atoms with van der Waals surface area (Å²) in [6.07, 6.45) is 1.71. The van der Waals surface area contributed by atoms with Gasteiger partial charge in [0.25, 0.3) is 0 Å². The van der Waals surface area contributed by atoms with E-state index in [4.69, 9.17) is 12.2 Å². The number of carbonyl (C=O) groups is 2. The van der Waals surface area contributed by atoms with Gasteiger partial charge in [-0.15, -0.1) is 0 Å². The van der Waals surface area contributed by atoms with E-state index in [0.717, 1.165) is 41.0 Å². The molecule has 0 bridgehead atoms. The van der Waals surface area contributed by atoms with E-state index in [1.54, 1.807) is 4.90 Å². The molecule has 146 valence electrons. The first kappa shape index (κ1) is 19.8. The van der Waals surface area contributed by atoms with Gasteiger partial charge >= 0.3 is 0 Å². The molecule has 0 atom stereocenters. The molecule has 6 nitrogen and oxygen atoms in total. The summed E-state index contributed by atoms with van der Waals surface area (Å²) in [5, 5.41) is 3.41. The molecular formula is C21H24N4O2S. The van der Waals surface area contributed by atoms with Crippen LogP contribution in [0.15, 0.2) is 42.5 Å². The van der Waals surface area contributed by atoms with Crippen LogP contribution in [-0.2, 0) is 16.0 Å². The molecule has 3 rings (SSSR count). The summed E-state index contributed by atoms with van der Waals surface area (Å²) in [5.41, 5.74) is 10.2. The van der Waals surface area contributed by atoms with Gasteiger partial charge in [0.1, 0.15) is 0 Å². The second-order valence-electron chi connectivity index (χ2n) is 6.94. The monoisotopic (exact) mass is 396 g/mol. The van der Waals surface area contributed by atoms with Gasteiger partial charge < -0.3 is 10.2 Å². The number of anilines is 2. The molecule has 1 saturated heterocycles. The molecule has 0 saturated carbocycles. The molecule has 2 amide bonds. The Morgan fingerprint density at radius 3 is 2.54 bits per heavy atom. The predicted octanol–water partition coefficient (Wildman–Crippen LogP) is 2.99. The number of amides is 2. The van der Waals surface area contributed by atoms with Crippen LogP contribution in [0.4, 0.5) is 11.4 Å². The van der Waals surface area contributed by atoms with Gasteiger partial charge in [0, 0.05) is 24.3 Å². The van der Waals surface area contributed by atoms with Crippen molar-refractivity contribution in [1.82, 2.24) is 10.9 Å². The Kier molecular flexibility index (Phi) is 6.26. The molecular weight excluding hydrogens is 372 g/mol. The number of thiocarbonyl (C=S) groups is 1. The lowest BCUT2D eigenvalue weighted by Crippen LogP contribution is -2.44. The lowest BCUT2D eigenvalue weighted by Gasteiger charge is -2.16. The molecule has 1 aliphatic heterocycles. The lowest BCUT2D eigenvalue weighted by molar-refractivity contribution is -0.121. The molecule has 2 aromatic carbocycles.